The van der Waals surface area contributed by atoms with Gasteiger partial charge >= 0.3 is 0 Å². The van der Waals surface area contributed by atoms with E-state index in [1.165, 1.54) is 12.1 Å². The normalized spacial score (nSPS) is 30.9. The fraction of sp³-hybridized carbons (Fsp3) is 0.423. The zero-order chi connectivity index (χ0) is 26.8. The molecule has 0 bridgehead atoms. The number of phenolic OH excluding ortho intramolecular Hbond substituents is 2. The van der Waals surface area contributed by atoms with E-state index in [1.54, 1.807) is 19.1 Å². The highest BCUT2D eigenvalue weighted by Crippen LogP contribution is 2.52. The first-order chi connectivity index (χ1) is 17.5. The Labute approximate surface area is 210 Å². The number of halogens is 1. The lowest BCUT2D eigenvalue weighted by atomic mass is 9.72. The van der Waals surface area contributed by atoms with E-state index in [0.29, 0.717) is 0 Å². The maximum Gasteiger partial charge on any atom is 0.198 e. The second kappa shape index (κ2) is 8.96. The van der Waals surface area contributed by atoms with Gasteiger partial charge in [0.2, 0.25) is 0 Å². The van der Waals surface area contributed by atoms with Crippen LogP contribution < -0.4 is 5.73 Å². The molecular formula is C26H26FNO9. The van der Waals surface area contributed by atoms with E-state index in [-0.39, 0.29) is 28.7 Å². The topological polar surface area (TPSA) is 177 Å². The largest absolute Gasteiger partial charge is 0.507 e. The maximum absolute atomic E-state index is 13.4. The summed E-state index contributed by atoms with van der Waals surface area (Å²) in [7, 11) is 0. The van der Waals surface area contributed by atoms with Gasteiger partial charge in [-0.2, -0.15) is 0 Å². The SMILES string of the molecule is CC1OC(OC2C[C@](O)(C(=O)CF)Cc3c(O)c4c(c(O)c32)C(=O)c2ccccc2C4=O)CC(N)C1O. The second-order valence-electron chi connectivity index (χ2n) is 9.80. The van der Waals surface area contributed by atoms with Gasteiger partial charge in [0, 0.05) is 47.6 Å². The zero-order valence-corrected chi connectivity index (χ0v) is 19.8. The minimum Gasteiger partial charge on any atom is -0.507 e. The Kier molecular flexibility index (Phi) is 6.16. The van der Waals surface area contributed by atoms with Crippen molar-refractivity contribution < 1.29 is 48.7 Å². The number of hydrogen-bond donors (Lipinski definition) is 5. The molecule has 196 valence electrons. The molecule has 0 amide bonds. The van der Waals surface area contributed by atoms with Gasteiger partial charge in [-0.1, -0.05) is 24.3 Å². The third-order valence-electron chi connectivity index (χ3n) is 7.48. The van der Waals surface area contributed by atoms with Crippen molar-refractivity contribution in [2.45, 2.75) is 62.4 Å². The number of carbonyl (C=O) groups excluding carboxylic acids is 3. The number of aliphatic hydroxyl groups is 2. The first kappa shape index (κ1) is 25.4. The van der Waals surface area contributed by atoms with Crippen LogP contribution in [0, 0.1) is 0 Å². The van der Waals surface area contributed by atoms with Crippen LogP contribution in [0.1, 0.15) is 68.8 Å². The molecule has 1 aliphatic heterocycles. The van der Waals surface area contributed by atoms with E-state index < -0.39 is 95.7 Å². The average Bonchev–Trinajstić information content (AvgIpc) is 2.87. The Morgan fingerprint density at radius 3 is 2.32 bits per heavy atom. The number of aromatic hydroxyl groups is 2. The van der Waals surface area contributed by atoms with Crippen molar-refractivity contribution in [1.29, 1.82) is 0 Å². The molecule has 2 aromatic carbocycles. The number of ketones is 3. The van der Waals surface area contributed by atoms with Gasteiger partial charge in [0.25, 0.3) is 0 Å². The summed E-state index contributed by atoms with van der Waals surface area (Å²) in [5, 5.41) is 43.7. The van der Waals surface area contributed by atoms with Crippen molar-refractivity contribution in [3.63, 3.8) is 0 Å². The number of carbonyl (C=O) groups is 3. The molecule has 5 rings (SSSR count). The molecule has 6 atom stereocenters. The number of alkyl halides is 1. The molecule has 10 nitrogen and oxygen atoms in total. The van der Waals surface area contributed by atoms with Crippen molar-refractivity contribution in [2.75, 3.05) is 6.67 Å². The van der Waals surface area contributed by atoms with Crippen LogP contribution in [0.3, 0.4) is 0 Å². The van der Waals surface area contributed by atoms with Crippen molar-refractivity contribution in [1.82, 2.24) is 0 Å². The molecule has 3 aliphatic rings. The summed E-state index contributed by atoms with van der Waals surface area (Å²) in [5.74, 6) is -3.97. The molecule has 0 saturated carbocycles. The minimum atomic E-state index is -2.34. The van der Waals surface area contributed by atoms with Gasteiger partial charge in [-0.3, -0.25) is 14.4 Å². The van der Waals surface area contributed by atoms with E-state index in [2.05, 4.69) is 0 Å². The minimum absolute atomic E-state index is 0.00923. The number of aliphatic hydroxyl groups excluding tert-OH is 1. The third kappa shape index (κ3) is 3.85. The molecular weight excluding hydrogens is 489 g/mol. The molecule has 11 heteroatoms. The highest BCUT2D eigenvalue weighted by molar-refractivity contribution is 6.30. The average molecular weight is 515 g/mol. The molecule has 0 spiro atoms. The van der Waals surface area contributed by atoms with Crippen molar-refractivity contribution in [3.05, 3.63) is 57.6 Å². The Morgan fingerprint density at radius 2 is 1.76 bits per heavy atom. The Balaban J connectivity index is 1.67. The summed E-state index contributed by atoms with van der Waals surface area (Å²) in [5.41, 5.74) is 2.45. The van der Waals surface area contributed by atoms with Crippen LogP contribution in [0.2, 0.25) is 0 Å². The molecule has 6 N–H and O–H groups in total. The van der Waals surface area contributed by atoms with Gasteiger partial charge in [0.1, 0.15) is 17.1 Å². The van der Waals surface area contributed by atoms with Crippen LogP contribution in [-0.2, 0) is 20.7 Å². The van der Waals surface area contributed by atoms with Crippen molar-refractivity contribution >= 4 is 17.3 Å². The van der Waals surface area contributed by atoms with Gasteiger partial charge in [-0.25, -0.2) is 4.39 Å². The first-order valence-corrected chi connectivity index (χ1v) is 11.8. The van der Waals surface area contributed by atoms with Crippen LogP contribution in [0.15, 0.2) is 24.3 Å². The standard InChI is InChI=1S/C26H26FNO9/c1-10-21(30)14(28)6-17(36-10)37-15-8-26(35,16(29)9-27)7-13-18(15)25(34)20-19(24(13)33)22(31)11-4-2-3-5-12(11)23(20)32/h2-5,10,14-15,17,21,30,33-35H,6-9,28H2,1H3/t10?,14?,15?,17?,21?,26-/m0/s1. The van der Waals surface area contributed by atoms with Crippen LogP contribution >= 0.6 is 0 Å². The first-order valence-electron chi connectivity index (χ1n) is 11.8. The van der Waals surface area contributed by atoms with Crippen molar-refractivity contribution in [2.24, 2.45) is 5.73 Å². The summed E-state index contributed by atoms with van der Waals surface area (Å²) < 4.78 is 25.1. The quantitative estimate of drug-likeness (QED) is 0.315. The number of fused-ring (bicyclic) bond motifs is 3. The lowest BCUT2D eigenvalue weighted by Gasteiger charge is -2.42. The monoisotopic (exact) mass is 515 g/mol. The summed E-state index contributed by atoms with van der Waals surface area (Å²) in [6.45, 7) is 0.0638. The third-order valence-corrected chi connectivity index (χ3v) is 7.48. The van der Waals surface area contributed by atoms with Gasteiger partial charge in [-0.15, -0.1) is 0 Å². The molecule has 5 unspecified atom stereocenters. The lowest BCUT2D eigenvalue weighted by molar-refractivity contribution is -0.247. The zero-order valence-electron chi connectivity index (χ0n) is 19.8. The van der Waals surface area contributed by atoms with Crippen molar-refractivity contribution in [3.8, 4) is 11.5 Å². The Bertz CT molecular complexity index is 1320. The molecule has 0 aromatic heterocycles. The van der Waals surface area contributed by atoms with Crippen LogP contribution in [-0.4, -0.2) is 74.6 Å². The molecule has 2 aliphatic carbocycles. The predicted octanol–water partition coefficient (Wildman–Crippen LogP) is 0.970. The summed E-state index contributed by atoms with van der Waals surface area (Å²) in [6.07, 6.45) is -5.28. The number of benzene rings is 2. The van der Waals surface area contributed by atoms with Crippen LogP contribution in [0.5, 0.6) is 11.5 Å². The Hall–Kier alpha value is -3.22. The number of rotatable bonds is 4. The smallest absolute Gasteiger partial charge is 0.198 e. The number of Topliss-reactive ketones (excluding diaryl/α,β-unsaturated/α-hetero) is 1. The fourth-order valence-corrected chi connectivity index (χ4v) is 5.49. The van der Waals surface area contributed by atoms with Crippen LogP contribution in [0.25, 0.3) is 0 Å². The lowest BCUT2D eigenvalue weighted by Crippen LogP contribution is -2.52. The molecule has 1 fully saturated rings. The van der Waals surface area contributed by atoms with Gasteiger partial charge in [0.05, 0.1) is 29.4 Å². The highest BCUT2D eigenvalue weighted by atomic mass is 19.1. The summed E-state index contributed by atoms with van der Waals surface area (Å²) >= 11 is 0. The van der Waals surface area contributed by atoms with Gasteiger partial charge in [0.15, 0.2) is 30.3 Å². The maximum atomic E-state index is 13.4. The predicted molar refractivity (Wildman–Crippen MR) is 124 cm³/mol. The molecule has 1 heterocycles. The second-order valence-corrected chi connectivity index (χ2v) is 9.80. The fourth-order valence-electron chi connectivity index (χ4n) is 5.49. The number of ether oxygens (including phenoxy) is 2. The van der Waals surface area contributed by atoms with E-state index in [0.717, 1.165) is 0 Å². The van der Waals surface area contributed by atoms with E-state index >= 15 is 0 Å². The molecule has 2 aromatic rings. The highest BCUT2D eigenvalue weighted by Gasteiger charge is 2.50. The number of nitrogens with two attached hydrogens (primary N) is 1. The number of hydrogen-bond acceptors (Lipinski definition) is 10. The number of phenols is 2. The van der Waals surface area contributed by atoms with Gasteiger partial charge < -0.3 is 35.6 Å². The summed E-state index contributed by atoms with van der Waals surface area (Å²) in [4.78, 5) is 39.0. The molecule has 0 radical (unpaired) electrons. The van der Waals surface area contributed by atoms with Gasteiger partial charge in [-0.05, 0) is 6.92 Å². The molecule has 1 saturated heterocycles. The summed E-state index contributed by atoms with van der Waals surface area (Å²) in [6, 6.07) is 5.19. The Morgan fingerprint density at radius 1 is 1.16 bits per heavy atom. The van der Waals surface area contributed by atoms with E-state index in [9.17, 15) is 39.2 Å². The molecule has 37 heavy (non-hydrogen) atoms. The van der Waals surface area contributed by atoms with E-state index in [1.807, 2.05) is 0 Å². The van der Waals surface area contributed by atoms with E-state index in [4.69, 9.17) is 15.2 Å². The van der Waals surface area contributed by atoms with Crippen LogP contribution in [0.4, 0.5) is 4.39 Å².